The average molecular weight is 572 g/mol. The maximum atomic E-state index is 13.9. The van der Waals surface area contributed by atoms with E-state index in [1.54, 1.807) is 66.2 Å². The second-order valence-corrected chi connectivity index (χ2v) is 11.5. The highest BCUT2D eigenvalue weighted by molar-refractivity contribution is 7.93. The van der Waals surface area contributed by atoms with E-state index < -0.39 is 22.0 Å². The number of nitrogens with zero attached hydrogens (tertiary/aromatic N) is 5. The fourth-order valence-corrected chi connectivity index (χ4v) is 6.42. The van der Waals surface area contributed by atoms with Gasteiger partial charge in [0, 0.05) is 34.4 Å². The highest BCUT2D eigenvalue weighted by Gasteiger charge is 2.36. The zero-order valence-electron chi connectivity index (χ0n) is 20.4. The van der Waals surface area contributed by atoms with Crippen LogP contribution in [0.2, 0.25) is 10.0 Å². The number of aliphatic carboxylic acids is 1. The molecule has 9 nitrogen and oxygen atoms in total. The van der Waals surface area contributed by atoms with Gasteiger partial charge < -0.3 is 14.6 Å². The Balaban J connectivity index is 1.86. The van der Waals surface area contributed by atoms with E-state index in [-0.39, 0.29) is 27.0 Å². The molecule has 0 fully saturated rings. The normalized spacial score (nSPS) is 12.4. The number of sulfonamides is 1. The van der Waals surface area contributed by atoms with Crippen LogP contribution in [0.3, 0.4) is 0 Å². The lowest BCUT2D eigenvalue weighted by Crippen LogP contribution is -2.46. The fourth-order valence-electron chi connectivity index (χ4n) is 4.06. The lowest BCUT2D eigenvalue weighted by Gasteiger charge is -2.31. The zero-order chi connectivity index (χ0) is 27.6. The summed E-state index contributed by atoms with van der Waals surface area (Å²) in [7, 11) is -0.841. The highest BCUT2D eigenvalue weighted by atomic mass is 35.5. The van der Waals surface area contributed by atoms with Crippen LogP contribution in [-0.2, 0) is 14.8 Å². The summed E-state index contributed by atoms with van der Waals surface area (Å²) < 4.78 is 30.6. The molecule has 0 aliphatic heterocycles. The molecule has 0 spiro atoms. The van der Waals surface area contributed by atoms with Gasteiger partial charge in [0.1, 0.15) is 17.9 Å². The minimum Gasteiger partial charge on any atom is -0.480 e. The van der Waals surface area contributed by atoms with Crippen molar-refractivity contribution in [2.75, 3.05) is 24.9 Å². The quantitative estimate of drug-likeness (QED) is 0.306. The number of nitriles is 1. The zero-order valence-corrected chi connectivity index (χ0v) is 22.7. The predicted octanol–water partition coefficient (Wildman–Crippen LogP) is 4.80. The number of hydrogen-bond donors (Lipinski definition) is 1. The Morgan fingerprint density at radius 3 is 2.39 bits per heavy atom. The number of pyridine rings is 1. The molecule has 196 valence electrons. The Hall–Kier alpha value is -3.62. The van der Waals surface area contributed by atoms with Gasteiger partial charge in [-0.2, -0.15) is 5.26 Å². The van der Waals surface area contributed by atoms with E-state index in [2.05, 4.69) is 4.98 Å². The number of aromatic nitrogens is 2. The number of halogens is 2. The van der Waals surface area contributed by atoms with Crippen LogP contribution in [0.5, 0.6) is 0 Å². The van der Waals surface area contributed by atoms with Crippen molar-refractivity contribution in [3.05, 3.63) is 82.6 Å². The van der Waals surface area contributed by atoms with E-state index in [4.69, 9.17) is 28.5 Å². The van der Waals surface area contributed by atoms with Gasteiger partial charge in [0.05, 0.1) is 21.7 Å². The predicted molar refractivity (Wildman–Crippen MR) is 147 cm³/mol. The van der Waals surface area contributed by atoms with E-state index in [9.17, 15) is 18.3 Å². The summed E-state index contributed by atoms with van der Waals surface area (Å²) >= 11 is 12.2. The number of fused-ring (bicyclic) bond motifs is 1. The van der Waals surface area contributed by atoms with Crippen molar-refractivity contribution >= 4 is 55.8 Å². The van der Waals surface area contributed by atoms with Gasteiger partial charge >= 0.3 is 5.97 Å². The summed E-state index contributed by atoms with van der Waals surface area (Å²) in [5.41, 5.74) is 1.31. The van der Waals surface area contributed by atoms with E-state index in [1.165, 1.54) is 24.4 Å². The first-order valence-corrected chi connectivity index (χ1v) is 13.6. The van der Waals surface area contributed by atoms with Crippen molar-refractivity contribution in [1.29, 1.82) is 5.26 Å². The maximum absolute atomic E-state index is 13.9. The molecule has 4 rings (SSSR count). The SMILES string of the molecule is CN(C)CCC(C(=O)O)N(c1ccc2c(ccn2-c2ccc(C#N)cn2)c1)S(=O)(=O)c1cc(Cl)cc(Cl)c1. The Morgan fingerprint density at radius 2 is 1.82 bits per heavy atom. The molecule has 0 radical (unpaired) electrons. The first-order chi connectivity index (χ1) is 18.0. The van der Waals surface area contributed by atoms with Crippen LogP contribution in [0.25, 0.3) is 16.7 Å². The molecular weight excluding hydrogens is 549 g/mol. The molecule has 2 aromatic heterocycles. The van der Waals surface area contributed by atoms with Gasteiger partial charge in [0.15, 0.2) is 0 Å². The summed E-state index contributed by atoms with van der Waals surface area (Å²) in [5, 5.41) is 20.0. The molecule has 38 heavy (non-hydrogen) atoms. The van der Waals surface area contributed by atoms with Crippen LogP contribution in [-0.4, -0.2) is 60.6 Å². The molecule has 0 amide bonds. The Morgan fingerprint density at radius 1 is 1.11 bits per heavy atom. The van der Waals surface area contributed by atoms with Crippen LogP contribution in [0.1, 0.15) is 12.0 Å². The largest absolute Gasteiger partial charge is 0.480 e. The van der Waals surface area contributed by atoms with Gasteiger partial charge in [-0.05, 0) is 75.1 Å². The number of anilines is 1. The van der Waals surface area contributed by atoms with Crippen molar-refractivity contribution in [2.24, 2.45) is 0 Å². The van der Waals surface area contributed by atoms with Crippen molar-refractivity contribution in [3.63, 3.8) is 0 Å². The molecule has 1 unspecified atom stereocenters. The molecule has 0 saturated carbocycles. The molecule has 12 heteroatoms. The molecule has 2 heterocycles. The topological polar surface area (TPSA) is 120 Å². The summed E-state index contributed by atoms with van der Waals surface area (Å²) in [6.45, 7) is 0.336. The molecule has 1 atom stereocenters. The van der Waals surface area contributed by atoms with Crippen molar-refractivity contribution in [1.82, 2.24) is 14.5 Å². The summed E-state index contributed by atoms with van der Waals surface area (Å²) in [5.74, 6) is -0.720. The van der Waals surface area contributed by atoms with Crippen molar-refractivity contribution in [3.8, 4) is 11.9 Å². The minimum absolute atomic E-state index is 0.0318. The minimum atomic E-state index is -4.40. The van der Waals surface area contributed by atoms with E-state index >= 15 is 0 Å². The van der Waals surface area contributed by atoms with Gasteiger partial charge in [0.25, 0.3) is 10.0 Å². The molecule has 0 saturated heterocycles. The molecule has 0 bridgehead atoms. The van der Waals surface area contributed by atoms with Crippen LogP contribution >= 0.6 is 23.2 Å². The van der Waals surface area contributed by atoms with Gasteiger partial charge in [0.2, 0.25) is 0 Å². The number of hydrogen-bond acceptors (Lipinski definition) is 6. The number of carbonyl (C=O) groups is 1. The van der Waals surface area contributed by atoms with Crippen LogP contribution in [0.15, 0.2) is 71.9 Å². The molecule has 2 aromatic carbocycles. The number of benzene rings is 2. The monoisotopic (exact) mass is 571 g/mol. The number of carboxylic acids is 1. The van der Waals surface area contributed by atoms with E-state index in [0.29, 0.717) is 28.8 Å². The summed E-state index contributed by atoms with van der Waals surface area (Å²) in [4.78, 5) is 18.3. The van der Waals surface area contributed by atoms with Crippen LogP contribution in [0.4, 0.5) is 5.69 Å². The smallest absolute Gasteiger partial charge is 0.327 e. The van der Waals surface area contributed by atoms with E-state index in [0.717, 1.165) is 4.31 Å². The average Bonchev–Trinajstić information content (AvgIpc) is 3.28. The number of carboxylic acid groups (broad SMARTS) is 1. The molecule has 0 aliphatic carbocycles. The first kappa shape index (κ1) is 27.4. The van der Waals surface area contributed by atoms with Crippen molar-refractivity contribution in [2.45, 2.75) is 17.4 Å². The maximum Gasteiger partial charge on any atom is 0.327 e. The Bertz CT molecular complexity index is 1630. The third-order valence-corrected chi connectivity index (χ3v) is 8.11. The van der Waals surface area contributed by atoms with Gasteiger partial charge in [-0.15, -0.1) is 0 Å². The second-order valence-electron chi connectivity index (χ2n) is 8.80. The summed E-state index contributed by atoms with van der Waals surface area (Å²) in [6, 6.07) is 14.5. The molecule has 4 aromatic rings. The van der Waals surface area contributed by atoms with Crippen LogP contribution < -0.4 is 4.31 Å². The molecule has 1 N–H and O–H groups in total. The lowest BCUT2D eigenvalue weighted by molar-refractivity contribution is -0.138. The standard InChI is InChI=1S/C26H23Cl2N5O4S/c1-31(2)9-8-24(26(34)35)33(38(36,37)22-13-19(27)12-20(28)14-22)21-4-5-23-18(11-21)7-10-32(23)25-6-3-17(15-29)16-30-25/h3-7,10-14,16,24H,8-9H2,1-2H3,(H,34,35). The third-order valence-electron chi connectivity index (χ3n) is 5.86. The number of rotatable bonds is 9. The highest BCUT2D eigenvalue weighted by Crippen LogP contribution is 2.33. The molecule has 0 aliphatic rings. The third kappa shape index (κ3) is 5.61. The van der Waals surface area contributed by atoms with Gasteiger partial charge in [-0.3, -0.25) is 4.31 Å². The van der Waals surface area contributed by atoms with E-state index in [1.807, 2.05) is 6.07 Å². The lowest BCUT2D eigenvalue weighted by atomic mass is 10.1. The second kappa shape index (κ2) is 11.0. The van der Waals surface area contributed by atoms with Gasteiger partial charge in [-0.25, -0.2) is 18.2 Å². The van der Waals surface area contributed by atoms with Crippen molar-refractivity contribution < 1.29 is 18.3 Å². The van der Waals surface area contributed by atoms with Gasteiger partial charge in [-0.1, -0.05) is 23.2 Å². The Labute approximate surface area is 230 Å². The van der Waals surface area contributed by atoms with Crippen LogP contribution in [0, 0.1) is 11.3 Å². The first-order valence-electron chi connectivity index (χ1n) is 11.4. The summed E-state index contributed by atoms with van der Waals surface area (Å²) in [6.07, 6.45) is 3.26. The fraction of sp³-hybridized carbons (Fsp3) is 0.192. The molecular formula is C26H23Cl2N5O4S. The Kier molecular flexibility index (Phi) is 7.94.